The summed E-state index contributed by atoms with van der Waals surface area (Å²) in [6.07, 6.45) is 4.33. The molecular weight excluding hydrogens is 262 g/mol. The zero-order chi connectivity index (χ0) is 15.5. The van der Waals surface area contributed by atoms with Crippen LogP contribution in [0.5, 0.6) is 5.75 Å². The predicted molar refractivity (Wildman–Crippen MR) is 88.9 cm³/mol. The van der Waals surface area contributed by atoms with Gasteiger partial charge in [-0.15, -0.1) is 0 Å². The van der Waals surface area contributed by atoms with E-state index >= 15 is 0 Å². The SMILES string of the molecule is CCCCN(CCCC)CC(O)COc1ccccc1C. The molecule has 0 heterocycles. The molecule has 1 rings (SSSR count). The van der Waals surface area contributed by atoms with Gasteiger partial charge in [-0.2, -0.15) is 0 Å². The Morgan fingerprint density at radius 2 is 1.71 bits per heavy atom. The van der Waals surface area contributed by atoms with Crippen molar-refractivity contribution >= 4 is 0 Å². The number of aliphatic hydroxyl groups is 1. The van der Waals surface area contributed by atoms with Crippen LogP contribution in [0.15, 0.2) is 24.3 Å². The second kappa shape index (κ2) is 10.6. The van der Waals surface area contributed by atoms with Crippen molar-refractivity contribution in [3.63, 3.8) is 0 Å². The third kappa shape index (κ3) is 7.49. The second-order valence-electron chi connectivity index (χ2n) is 5.74. The Morgan fingerprint density at radius 1 is 1.10 bits per heavy atom. The van der Waals surface area contributed by atoms with Crippen molar-refractivity contribution in [3.05, 3.63) is 29.8 Å². The number of para-hydroxylation sites is 1. The van der Waals surface area contributed by atoms with Crippen LogP contribution in [0, 0.1) is 6.92 Å². The third-order valence-electron chi connectivity index (χ3n) is 3.65. The first-order valence-corrected chi connectivity index (χ1v) is 8.26. The zero-order valence-electron chi connectivity index (χ0n) is 13.8. The summed E-state index contributed by atoms with van der Waals surface area (Å²) in [5.41, 5.74) is 1.11. The van der Waals surface area contributed by atoms with Crippen molar-refractivity contribution in [1.29, 1.82) is 0 Å². The van der Waals surface area contributed by atoms with Gasteiger partial charge in [-0.05, 0) is 44.5 Å². The number of benzene rings is 1. The van der Waals surface area contributed by atoms with Gasteiger partial charge in [0.1, 0.15) is 18.5 Å². The highest BCUT2D eigenvalue weighted by atomic mass is 16.5. The van der Waals surface area contributed by atoms with Crippen LogP contribution >= 0.6 is 0 Å². The van der Waals surface area contributed by atoms with Crippen LogP contribution in [0.4, 0.5) is 0 Å². The topological polar surface area (TPSA) is 32.7 Å². The largest absolute Gasteiger partial charge is 0.491 e. The summed E-state index contributed by atoms with van der Waals surface area (Å²) in [6, 6.07) is 7.93. The van der Waals surface area contributed by atoms with E-state index in [1.54, 1.807) is 0 Å². The number of unbranched alkanes of at least 4 members (excludes halogenated alkanes) is 2. The molecule has 0 radical (unpaired) electrons. The molecule has 120 valence electrons. The highest BCUT2D eigenvalue weighted by molar-refractivity contribution is 5.31. The van der Waals surface area contributed by atoms with E-state index in [9.17, 15) is 5.11 Å². The Morgan fingerprint density at radius 3 is 2.29 bits per heavy atom. The van der Waals surface area contributed by atoms with Crippen LogP contribution in [-0.2, 0) is 0 Å². The summed E-state index contributed by atoms with van der Waals surface area (Å²) < 4.78 is 5.73. The van der Waals surface area contributed by atoms with Gasteiger partial charge in [0.05, 0.1) is 0 Å². The minimum Gasteiger partial charge on any atom is -0.491 e. The lowest BCUT2D eigenvalue weighted by Gasteiger charge is -2.25. The van der Waals surface area contributed by atoms with Gasteiger partial charge in [-0.25, -0.2) is 0 Å². The summed E-state index contributed by atoms with van der Waals surface area (Å²) in [5.74, 6) is 0.866. The molecule has 0 spiro atoms. The highest BCUT2D eigenvalue weighted by Crippen LogP contribution is 2.16. The monoisotopic (exact) mass is 293 g/mol. The van der Waals surface area contributed by atoms with Crippen LogP contribution in [-0.4, -0.2) is 42.4 Å². The van der Waals surface area contributed by atoms with E-state index < -0.39 is 6.10 Å². The fourth-order valence-corrected chi connectivity index (χ4v) is 2.31. The maximum absolute atomic E-state index is 10.2. The van der Waals surface area contributed by atoms with Crippen molar-refractivity contribution in [2.45, 2.75) is 52.6 Å². The molecular formula is C18H31NO2. The molecule has 1 atom stereocenters. The first-order valence-electron chi connectivity index (χ1n) is 8.26. The van der Waals surface area contributed by atoms with Crippen molar-refractivity contribution < 1.29 is 9.84 Å². The minimum atomic E-state index is -0.432. The maximum atomic E-state index is 10.2. The molecule has 0 aliphatic rings. The number of ether oxygens (including phenoxy) is 1. The molecule has 3 nitrogen and oxygen atoms in total. The third-order valence-corrected chi connectivity index (χ3v) is 3.65. The van der Waals surface area contributed by atoms with Crippen LogP contribution in [0.25, 0.3) is 0 Å². The lowest BCUT2D eigenvalue weighted by molar-refractivity contribution is 0.0669. The van der Waals surface area contributed by atoms with Gasteiger partial charge >= 0.3 is 0 Å². The number of rotatable bonds is 11. The average Bonchev–Trinajstić information content (AvgIpc) is 2.49. The normalized spacial score (nSPS) is 12.6. The average molecular weight is 293 g/mol. The van der Waals surface area contributed by atoms with E-state index in [-0.39, 0.29) is 0 Å². The van der Waals surface area contributed by atoms with Crippen molar-refractivity contribution in [3.8, 4) is 5.75 Å². The first-order chi connectivity index (χ1) is 10.2. The number of aryl methyl sites for hydroxylation is 1. The molecule has 0 bridgehead atoms. The van der Waals surface area contributed by atoms with Gasteiger partial charge in [0.15, 0.2) is 0 Å². The standard InChI is InChI=1S/C18H31NO2/c1-4-6-12-19(13-7-5-2)14-17(20)15-21-18-11-9-8-10-16(18)3/h8-11,17,20H,4-7,12-15H2,1-3H3. The Labute approximate surface area is 129 Å². The molecule has 0 aromatic heterocycles. The number of nitrogens with zero attached hydrogens (tertiary/aromatic N) is 1. The summed E-state index contributed by atoms with van der Waals surface area (Å²) in [5, 5.41) is 10.2. The maximum Gasteiger partial charge on any atom is 0.122 e. The van der Waals surface area contributed by atoms with E-state index in [0.717, 1.165) is 24.4 Å². The van der Waals surface area contributed by atoms with E-state index in [2.05, 4.69) is 18.7 Å². The van der Waals surface area contributed by atoms with E-state index in [1.165, 1.54) is 25.7 Å². The molecule has 0 aliphatic carbocycles. The number of hydrogen-bond acceptors (Lipinski definition) is 3. The molecule has 0 fully saturated rings. The molecule has 3 heteroatoms. The van der Waals surface area contributed by atoms with Crippen molar-refractivity contribution in [2.75, 3.05) is 26.2 Å². The molecule has 0 saturated carbocycles. The molecule has 0 aliphatic heterocycles. The fraction of sp³-hybridized carbons (Fsp3) is 0.667. The molecule has 1 aromatic rings. The minimum absolute atomic E-state index is 0.361. The molecule has 0 saturated heterocycles. The number of aliphatic hydroxyl groups excluding tert-OH is 1. The van der Waals surface area contributed by atoms with Crippen LogP contribution < -0.4 is 4.74 Å². The van der Waals surface area contributed by atoms with Crippen molar-refractivity contribution in [2.24, 2.45) is 0 Å². The van der Waals surface area contributed by atoms with E-state index in [1.807, 2.05) is 31.2 Å². The summed E-state index contributed by atoms with van der Waals surface area (Å²) in [4.78, 5) is 2.36. The summed E-state index contributed by atoms with van der Waals surface area (Å²) in [6.45, 7) is 9.63. The first kappa shape index (κ1) is 18.0. The van der Waals surface area contributed by atoms with Gasteiger partial charge in [-0.1, -0.05) is 44.9 Å². The van der Waals surface area contributed by atoms with Gasteiger partial charge < -0.3 is 14.7 Å². The van der Waals surface area contributed by atoms with Gasteiger partial charge in [0, 0.05) is 6.54 Å². The lowest BCUT2D eigenvalue weighted by atomic mass is 10.2. The fourth-order valence-electron chi connectivity index (χ4n) is 2.31. The Balaban J connectivity index is 2.38. The van der Waals surface area contributed by atoms with Gasteiger partial charge in [0.25, 0.3) is 0 Å². The summed E-state index contributed by atoms with van der Waals surface area (Å²) >= 11 is 0. The predicted octanol–water partition coefficient (Wildman–Crippen LogP) is 3.64. The van der Waals surface area contributed by atoms with E-state index in [0.29, 0.717) is 13.2 Å². The molecule has 1 unspecified atom stereocenters. The number of hydrogen-bond donors (Lipinski definition) is 1. The molecule has 0 amide bonds. The van der Waals surface area contributed by atoms with Gasteiger partial charge in [0.2, 0.25) is 0 Å². The molecule has 21 heavy (non-hydrogen) atoms. The summed E-state index contributed by atoms with van der Waals surface area (Å²) in [7, 11) is 0. The van der Waals surface area contributed by atoms with Crippen molar-refractivity contribution in [1.82, 2.24) is 4.90 Å². The van der Waals surface area contributed by atoms with Crippen LogP contribution in [0.3, 0.4) is 0 Å². The van der Waals surface area contributed by atoms with Crippen LogP contribution in [0.2, 0.25) is 0 Å². The van der Waals surface area contributed by atoms with E-state index in [4.69, 9.17) is 4.74 Å². The molecule has 1 aromatic carbocycles. The zero-order valence-corrected chi connectivity index (χ0v) is 13.8. The molecule has 1 N–H and O–H groups in total. The second-order valence-corrected chi connectivity index (χ2v) is 5.74. The Bertz CT molecular complexity index is 373. The highest BCUT2D eigenvalue weighted by Gasteiger charge is 2.12. The van der Waals surface area contributed by atoms with Gasteiger partial charge in [-0.3, -0.25) is 0 Å². The smallest absolute Gasteiger partial charge is 0.122 e. The Kier molecular flexibility index (Phi) is 9.11. The Hall–Kier alpha value is -1.06. The quantitative estimate of drug-likeness (QED) is 0.676. The van der Waals surface area contributed by atoms with Crippen LogP contribution in [0.1, 0.15) is 45.1 Å². The lowest BCUT2D eigenvalue weighted by Crippen LogP contribution is -2.37.